The molecule has 0 radical (unpaired) electrons. The molecule has 108 valence electrons. The molecule has 1 aliphatic rings. The second-order valence-electron chi connectivity index (χ2n) is 5.21. The minimum atomic E-state index is -0.970. The van der Waals surface area contributed by atoms with Crippen LogP contribution >= 0.6 is 0 Å². The van der Waals surface area contributed by atoms with E-state index in [2.05, 4.69) is 0 Å². The molecule has 3 nitrogen and oxygen atoms in total. The largest absolute Gasteiger partial charge is 0.481 e. The second-order valence-corrected chi connectivity index (χ2v) is 5.21. The Morgan fingerprint density at radius 1 is 1.15 bits per heavy atom. The lowest BCUT2D eigenvalue weighted by Gasteiger charge is -2.27. The quantitative estimate of drug-likeness (QED) is 0.923. The number of benzene rings is 1. The van der Waals surface area contributed by atoms with Crippen LogP contribution in [0, 0.1) is 23.5 Å². The molecule has 2 atom stereocenters. The van der Waals surface area contributed by atoms with E-state index in [1.54, 1.807) is 0 Å². The van der Waals surface area contributed by atoms with Crippen molar-refractivity contribution in [1.29, 1.82) is 0 Å². The molecule has 20 heavy (non-hydrogen) atoms. The van der Waals surface area contributed by atoms with E-state index in [1.807, 2.05) is 0 Å². The average molecular weight is 282 g/mol. The van der Waals surface area contributed by atoms with Crippen molar-refractivity contribution in [2.24, 2.45) is 11.8 Å². The lowest BCUT2D eigenvalue weighted by Crippen LogP contribution is -2.33. The molecule has 0 unspecified atom stereocenters. The molecular weight excluding hydrogens is 266 g/mol. The summed E-state index contributed by atoms with van der Waals surface area (Å²) in [7, 11) is 0. The van der Waals surface area contributed by atoms with Crippen LogP contribution in [-0.4, -0.2) is 16.9 Å². The summed E-state index contributed by atoms with van der Waals surface area (Å²) in [6, 6.07) is 3.07. The summed E-state index contributed by atoms with van der Waals surface area (Å²) >= 11 is 0. The zero-order valence-corrected chi connectivity index (χ0v) is 10.9. The number of aliphatic carboxylic acids is 1. The third-order valence-corrected chi connectivity index (χ3v) is 3.88. The van der Waals surface area contributed by atoms with E-state index in [0.717, 1.165) is 25.0 Å². The zero-order valence-electron chi connectivity index (χ0n) is 10.9. The van der Waals surface area contributed by atoms with Gasteiger partial charge in [0.1, 0.15) is 17.4 Å². The predicted octanol–water partition coefficient (Wildman–Crippen LogP) is 2.97. The van der Waals surface area contributed by atoms with Gasteiger partial charge in [0.2, 0.25) is 0 Å². The Morgan fingerprint density at radius 3 is 2.40 bits per heavy atom. The number of rotatable bonds is 4. The van der Waals surface area contributed by atoms with Crippen molar-refractivity contribution in [3.8, 4) is 0 Å². The lowest BCUT2D eigenvalue weighted by molar-refractivity contribution is -0.148. The van der Waals surface area contributed by atoms with Crippen molar-refractivity contribution in [1.82, 2.24) is 0 Å². The predicted molar refractivity (Wildman–Crippen MR) is 68.2 cm³/mol. The summed E-state index contributed by atoms with van der Waals surface area (Å²) in [4.78, 5) is 23.4. The minimum Gasteiger partial charge on any atom is -0.481 e. The van der Waals surface area contributed by atoms with Crippen LogP contribution in [0.5, 0.6) is 0 Å². The molecule has 0 amide bonds. The van der Waals surface area contributed by atoms with Crippen molar-refractivity contribution >= 4 is 11.8 Å². The van der Waals surface area contributed by atoms with E-state index in [-0.39, 0.29) is 17.8 Å². The molecule has 1 aromatic carbocycles. The molecule has 0 heterocycles. The summed E-state index contributed by atoms with van der Waals surface area (Å²) in [5.74, 6) is -3.95. The third-order valence-electron chi connectivity index (χ3n) is 3.88. The second kappa shape index (κ2) is 6.11. The number of carbonyl (C=O) groups excluding carboxylic acids is 1. The number of halogens is 2. The normalized spacial score (nSPS) is 22.5. The van der Waals surface area contributed by atoms with Crippen LogP contribution in [0.1, 0.15) is 31.2 Å². The molecule has 0 saturated heterocycles. The van der Waals surface area contributed by atoms with Crippen LogP contribution in [0.4, 0.5) is 8.78 Å². The highest BCUT2D eigenvalue weighted by molar-refractivity contribution is 5.88. The molecule has 0 aromatic heterocycles. The maximum atomic E-state index is 13.5. The Labute approximate surface area is 115 Å². The van der Waals surface area contributed by atoms with Gasteiger partial charge in [-0.3, -0.25) is 9.59 Å². The molecule has 1 fully saturated rings. The van der Waals surface area contributed by atoms with E-state index >= 15 is 0 Å². The molecule has 0 aliphatic heterocycles. The standard InChI is InChI=1S/C15H16F2O3/c16-10-6-5-9(13(17)8-10)7-14(18)11-3-1-2-4-12(11)15(19)20/h5-6,8,11-12H,1-4,7H2,(H,19,20)/t11-,12+/m1/s1. The third kappa shape index (κ3) is 3.21. The van der Waals surface area contributed by atoms with Gasteiger partial charge in [-0.2, -0.15) is 0 Å². The van der Waals surface area contributed by atoms with Gasteiger partial charge in [0, 0.05) is 18.4 Å². The number of hydrogen-bond acceptors (Lipinski definition) is 2. The van der Waals surface area contributed by atoms with Gasteiger partial charge in [0.25, 0.3) is 0 Å². The first kappa shape index (κ1) is 14.6. The van der Waals surface area contributed by atoms with E-state index < -0.39 is 29.4 Å². The zero-order chi connectivity index (χ0) is 14.7. The minimum absolute atomic E-state index is 0.117. The first-order chi connectivity index (χ1) is 9.49. The fraction of sp³-hybridized carbons (Fsp3) is 0.467. The Balaban J connectivity index is 2.12. The molecule has 1 N–H and O–H groups in total. The van der Waals surface area contributed by atoms with E-state index in [9.17, 15) is 18.4 Å². The molecule has 0 spiro atoms. The maximum absolute atomic E-state index is 13.5. The van der Waals surface area contributed by atoms with Gasteiger partial charge in [-0.25, -0.2) is 8.78 Å². The Bertz CT molecular complexity index is 528. The van der Waals surface area contributed by atoms with Gasteiger partial charge >= 0.3 is 5.97 Å². The van der Waals surface area contributed by atoms with Crippen molar-refractivity contribution < 1.29 is 23.5 Å². The molecule has 1 aromatic rings. The van der Waals surface area contributed by atoms with Gasteiger partial charge in [0.15, 0.2) is 0 Å². The number of hydrogen-bond donors (Lipinski definition) is 1. The SMILES string of the molecule is O=C(O)[C@H]1CCCC[C@H]1C(=O)Cc1ccc(F)cc1F. The number of Topliss-reactive ketones (excluding diaryl/α,β-unsaturated/α-hetero) is 1. The summed E-state index contributed by atoms with van der Waals surface area (Å²) in [5.41, 5.74) is 0.117. The van der Waals surface area contributed by atoms with Crippen LogP contribution in [0.15, 0.2) is 18.2 Å². The van der Waals surface area contributed by atoms with Crippen LogP contribution < -0.4 is 0 Å². The van der Waals surface area contributed by atoms with Crippen molar-refractivity contribution in [2.45, 2.75) is 32.1 Å². The molecule has 1 saturated carbocycles. The average Bonchev–Trinajstić information content (AvgIpc) is 2.41. The highest BCUT2D eigenvalue weighted by Gasteiger charge is 2.35. The van der Waals surface area contributed by atoms with Crippen molar-refractivity contribution in [3.05, 3.63) is 35.4 Å². The van der Waals surface area contributed by atoms with Gasteiger partial charge in [-0.05, 0) is 24.5 Å². The number of ketones is 1. The van der Waals surface area contributed by atoms with Gasteiger partial charge < -0.3 is 5.11 Å². The van der Waals surface area contributed by atoms with Crippen LogP contribution in [0.25, 0.3) is 0 Å². The van der Waals surface area contributed by atoms with Crippen molar-refractivity contribution in [2.75, 3.05) is 0 Å². The smallest absolute Gasteiger partial charge is 0.307 e. The molecule has 2 rings (SSSR count). The van der Waals surface area contributed by atoms with E-state index in [0.29, 0.717) is 12.8 Å². The fourth-order valence-corrected chi connectivity index (χ4v) is 2.80. The topological polar surface area (TPSA) is 54.4 Å². The summed E-state index contributed by atoms with van der Waals surface area (Å²) in [6.45, 7) is 0. The highest BCUT2D eigenvalue weighted by Crippen LogP contribution is 2.32. The first-order valence-electron chi connectivity index (χ1n) is 6.68. The number of carboxylic acid groups (broad SMARTS) is 1. The monoisotopic (exact) mass is 282 g/mol. The fourth-order valence-electron chi connectivity index (χ4n) is 2.80. The Hall–Kier alpha value is -1.78. The maximum Gasteiger partial charge on any atom is 0.307 e. The number of carboxylic acids is 1. The Kier molecular flexibility index (Phi) is 4.47. The summed E-state index contributed by atoms with van der Waals surface area (Å²) in [5, 5.41) is 9.14. The van der Waals surface area contributed by atoms with Crippen LogP contribution in [0.3, 0.4) is 0 Å². The van der Waals surface area contributed by atoms with Gasteiger partial charge in [0.05, 0.1) is 5.92 Å². The molecule has 0 bridgehead atoms. The molecule has 1 aliphatic carbocycles. The van der Waals surface area contributed by atoms with Crippen molar-refractivity contribution in [3.63, 3.8) is 0 Å². The number of carbonyl (C=O) groups is 2. The summed E-state index contributed by atoms with van der Waals surface area (Å²) < 4.78 is 26.3. The van der Waals surface area contributed by atoms with Gasteiger partial charge in [-0.15, -0.1) is 0 Å². The van der Waals surface area contributed by atoms with Crippen LogP contribution in [-0.2, 0) is 16.0 Å². The molecular formula is C15H16F2O3. The van der Waals surface area contributed by atoms with E-state index in [1.165, 1.54) is 6.07 Å². The van der Waals surface area contributed by atoms with Crippen LogP contribution in [0.2, 0.25) is 0 Å². The molecule has 5 heteroatoms. The first-order valence-corrected chi connectivity index (χ1v) is 6.68. The highest BCUT2D eigenvalue weighted by atomic mass is 19.1. The summed E-state index contributed by atoms with van der Waals surface area (Å²) in [6.07, 6.45) is 2.44. The van der Waals surface area contributed by atoms with E-state index in [4.69, 9.17) is 5.11 Å². The Morgan fingerprint density at radius 2 is 1.80 bits per heavy atom. The lowest BCUT2D eigenvalue weighted by atomic mass is 9.76. The van der Waals surface area contributed by atoms with Gasteiger partial charge in [-0.1, -0.05) is 18.9 Å².